The molecule has 1 aliphatic carbocycles. The van der Waals surface area contributed by atoms with E-state index in [0.29, 0.717) is 11.1 Å². The Morgan fingerprint density at radius 2 is 2.20 bits per heavy atom. The van der Waals surface area contributed by atoms with Crippen molar-refractivity contribution in [1.29, 1.82) is 0 Å². The number of aryl methyl sites for hydroxylation is 1. The number of nitrogens with zero attached hydrogens (tertiary/aromatic N) is 1. The van der Waals surface area contributed by atoms with Crippen LogP contribution in [0.2, 0.25) is 0 Å². The van der Waals surface area contributed by atoms with Crippen LogP contribution in [-0.4, -0.2) is 16.2 Å². The minimum Gasteiger partial charge on any atom is -0.330 e. The zero-order valence-electron chi connectivity index (χ0n) is 13.9. The molecule has 7 heteroatoms. The van der Waals surface area contributed by atoms with E-state index in [0.717, 1.165) is 42.7 Å². The van der Waals surface area contributed by atoms with E-state index in [4.69, 9.17) is 0 Å². The molecule has 5 nitrogen and oxygen atoms in total. The monoisotopic (exact) mass is 346 g/mol. The summed E-state index contributed by atoms with van der Waals surface area (Å²) in [6.07, 6.45) is 4.49. The van der Waals surface area contributed by atoms with Gasteiger partial charge < -0.3 is 10.6 Å². The van der Waals surface area contributed by atoms with E-state index in [9.17, 15) is 13.6 Å². The van der Waals surface area contributed by atoms with E-state index in [1.54, 1.807) is 13.1 Å². The third kappa shape index (κ3) is 3.70. The maximum absolute atomic E-state index is 13.5. The molecule has 3 N–H and O–H groups in total. The Bertz CT molecular complexity index is 802. The molecule has 0 fully saturated rings. The number of H-pyrrole nitrogens is 1. The fourth-order valence-electron chi connectivity index (χ4n) is 3.12. The van der Waals surface area contributed by atoms with Crippen molar-refractivity contribution in [3.8, 4) is 0 Å². The van der Waals surface area contributed by atoms with Gasteiger partial charge in [-0.1, -0.05) is 18.2 Å². The Labute approximate surface area is 144 Å². The lowest BCUT2D eigenvalue weighted by molar-refractivity contribution is 0.233. The topological polar surface area (TPSA) is 69.8 Å². The van der Waals surface area contributed by atoms with Crippen LogP contribution >= 0.6 is 0 Å². The molecule has 1 aliphatic rings. The maximum atomic E-state index is 13.5. The van der Waals surface area contributed by atoms with Gasteiger partial charge in [0.2, 0.25) is 0 Å². The summed E-state index contributed by atoms with van der Waals surface area (Å²) >= 11 is 0. The summed E-state index contributed by atoms with van der Waals surface area (Å²) in [5.41, 5.74) is 3.08. The predicted molar refractivity (Wildman–Crippen MR) is 89.8 cm³/mol. The number of aromatic nitrogens is 2. The number of halogens is 2. The number of benzene rings is 1. The number of aromatic amines is 1. The SMILES string of the molecule is C=C(C)C(NC(=O)NC1CCCc2cn[nH]c21)c1ccc(F)c(F)c1. The van der Waals surface area contributed by atoms with Gasteiger partial charge in [0.25, 0.3) is 0 Å². The molecule has 132 valence electrons. The van der Waals surface area contributed by atoms with Crippen LogP contribution in [0.5, 0.6) is 0 Å². The van der Waals surface area contributed by atoms with Gasteiger partial charge in [-0.05, 0) is 49.4 Å². The first-order valence-electron chi connectivity index (χ1n) is 8.15. The summed E-state index contributed by atoms with van der Waals surface area (Å²) in [6, 6.07) is 2.39. The van der Waals surface area contributed by atoms with Crippen LogP contribution in [0.25, 0.3) is 0 Å². The van der Waals surface area contributed by atoms with Crippen LogP contribution in [0.4, 0.5) is 13.6 Å². The largest absolute Gasteiger partial charge is 0.330 e. The Balaban J connectivity index is 1.72. The van der Waals surface area contributed by atoms with Crippen molar-refractivity contribution in [2.75, 3.05) is 0 Å². The second kappa shape index (κ2) is 7.04. The van der Waals surface area contributed by atoms with Crippen molar-refractivity contribution < 1.29 is 13.6 Å². The van der Waals surface area contributed by atoms with E-state index >= 15 is 0 Å². The van der Waals surface area contributed by atoms with Crippen molar-refractivity contribution in [2.45, 2.75) is 38.3 Å². The normalized spacial score (nSPS) is 17.5. The molecule has 1 heterocycles. The number of hydrogen-bond acceptors (Lipinski definition) is 2. The number of fused-ring (bicyclic) bond motifs is 1. The number of rotatable bonds is 4. The third-order valence-corrected chi connectivity index (χ3v) is 4.39. The van der Waals surface area contributed by atoms with Gasteiger partial charge in [-0.25, -0.2) is 13.6 Å². The predicted octanol–water partition coefficient (Wildman–Crippen LogP) is 3.68. The Kier molecular flexibility index (Phi) is 4.83. The Morgan fingerprint density at radius 1 is 1.40 bits per heavy atom. The molecule has 0 spiro atoms. The molecular formula is C18H20F2N4O. The fraction of sp³-hybridized carbons (Fsp3) is 0.333. The molecule has 2 atom stereocenters. The number of carbonyl (C=O) groups excluding carboxylic acids is 1. The summed E-state index contributed by atoms with van der Waals surface area (Å²) in [4.78, 5) is 12.4. The van der Waals surface area contributed by atoms with E-state index in [1.807, 2.05) is 0 Å². The molecule has 2 amide bonds. The lowest BCUT2D eigenvalue weighted by atomic mass is 9.94. The standard InChI is InChI=1S/C18H20F2N4O/c1-10(2)16(11-6-7-13(19)14(20)8-11)23-18(25)22-15-5-3-4-12-9-21-24-17(12)15/h6-9,15-16H,1,3-5H2,2H3,(H,21,24)(H2,22,23,25). The highest BCUT2D eigenvalue weighted by molar-refractivity contribution is 5.75. The minimum atomic E-state index is -0.958. The lowest BCUT2D eigenvalue weighted by Gasteiger charge is -2.25. The van der Waals surface area contributed by atoms with Crippen LogP contribution in [0.15, 0.2) is 36.5 Å². The average Bonchev–Trinajstić information content (AvgIpc) is 3.05. The molecule has 25 heavy (non-hydrogen) atoms. The smallest absolute Gasteiger partial charge is 0.316 e. The summed E-state index contributed by atoms with van der Waals surface area (Å²) < 4.78 is 26.6. The molecule has 0 bridgehead atoms. The van der Waals surface area contributed by atoms with Crippen molar-refractivity contribution in [3.63, 3.8) is 0 Å². The molecule has 1 aromatic heterocycles. The van der Waals surface area contributed by atoms with Crippen LogP contribution in [0.1, 0.15) is 48.7 Å². The summed E-state index contributed by atoms with van der Waals surface area (Å²) in [5, 5.41) is 12.7. The van der Waals surface area contributed by atoms with Gasteiger partial charge in [0.15, 0.2) is 11.6 Å². The van der Waals surface area contributed by atoms with Gasteiger partial charge in [0.05, 0.1) is 24.0 Å². The molecule has 2 aromatic rings. The zero-order valence-corrected chi connectivity index (χ0v) is 13.9. The second-order valence-corrected chi connectivity index (χ2v) is 6.32. The molecule has 0 saturated heterocycles. The maximum Gasteiger partial charge on any atom is 0.316 e. The first-order chi connectivity index (χ1) is 12.0. The molecule has 0 radical (unpaired) electrons. The number of carbonyl (C=O) groups is 1. The van der Waals surface area contributed by atoms with E-state index < -0.39 is 23.7 Å². The zero-order chi connectivity index (χ0) is 18.0. The van der Waals surface area contributed by atoms with Gasteiger partial charge in [0.1, 0.15) is 0 Å². The summed E-state index contributed by atoms with van der Waals surface area (Å²) in [5.74, 6) is -1.89. The Hall–Kier alpha value is -2.70. The average molecular weight is 346 g/mol. The van der Waals surface area contributed by atoms with Gasteiger partial charge >= 0.3 is 6.03 Å². The van der Waals surface area contributed by atoms with Crippen molar-refractivity contribution >= 4 is 6.03 Å². The first kappa shape index (κ1) is 17.1. The summed E-state index contributed by atoms with van der Waals surface area (Å²) in [7, 11) is 0. The van der Waals surface area contributed by atoms with Crippen molar-refractivity contribution in [3.05, 3.63) is 65.0 Å². The highest BCUT2D eigenvalue weighted by Gasteiger charge is 2.25. The number of urea groups is 1. The van der Waals surface area contributed by atoms with Crippen LogP contribution < -0.4 is 10.6 Å². The van der Waals surface area contributed by atoms with Crippen molar-refractivity contribution in [1.82, 2.24) is 20.8 Å². The quantitative estimate of drug-likeness (QED) is 0.739. The minimum absolute atomic E-state index is 0.151. The number of nitrogens with one attached hydrogen (secondary N) is 3. The Morgan fingerprint density at radius 3 is 2.92 bits per heavy atom. The molecule has 0 aliphatic heterocycles. The van der Waals surface area contributed by atoms with Crippen LogP contribution in [0.3, 0.4) is 0 Å². The third-order valence-electron chi connectivity index (χ3n) is 4.39. The van der Waals surface area contributed by atoms with Crippen LogP contribution in [0, 0.1) is 11.6 Å². The molecule has 0 saturated carbocycles. The van der Waals surface area contributed by atoms with E-state index in [2.05, 4.69) is 27.4 Å². The highest BCUT2D eigenvalue weighted by Crippen LogP contribution is 2.28. The van der Waals surface area contributed by atoms with Gasteiger partial charge in [0, 0.05) is 0 Å². The van der Waals surface area contributed by atoms with Gasteiger partial charge in [-0.15, -0.1) is 0 Å². The first-order valence-corrected chi connectivity index (χ1v) is 8.15. The number of hydrogen-bond donors (Lipinski definition) is 3. The molecule has 3 rings (SSSR count). The van der Waals surface area contributed by atoms with E-state index in [-0.39, 0.29) is 6.04 Å². The van der Waals surface area contributed by atoms with E-state index in [1.165, 1.54) is 6.07 Å². The fourth-order valence-corrected chi connectivity index (χ4v) is 3.12. The van der Waals surface area contributed by atoms with Crippen molar-refractivity contribution in [2.24, 2.45) is 0 Å². The molecule has 2 unspecified atom stereocenters. The van der Waals surface area contributed by atoms with Gasteiger partial charge in [-0.3, -0.25) is 5.10 Å². The summed E-state index contributed by atoms with van der Waals surface area (Å²) in [6.45, 7) is 5.56. The molecule has 1 aromatic carbocycles. The highest BCUT2D eigenvalue weighted by atomic mass is 19.2. The lowest BCUT2D eigenvalue weighted by Crippen LogP contribution is -2.41. The van der Waals surface area contributed by atoms with Gasteiger partial charge in [-0.2, -0.15) is 5.10 Å². The number of amides is 2. The molecular weight excluding hydrogens is 326 g/mol. The second-order valence-electron chi connectivity index (χ2n) is 6.32. The van der Waals surface area contributed by atoms with Crippen LogP contribution in [-0.2, 0) is 6.42 Å².